The van der Waals surface area contributed by atoms with Crippen LogP contribution in [-0.2, 0) is 15.1 Å². The highest BCUT2D eigenvalue weighted by Crippen LogP contribution is 2.32. The standard InChI is InChI=1S/C14H19NOS/c1-14(2,3)12-10-15(17(4,5)16)13-9-7-6-8-11(12)13/h6-10H,4H2,1-3,5H3. The van der Waals surface area contributed by atoms with Crippen molar-refractivity contribution in [2.75, 3.05) is 6.26 Å². The summed E-state index contributed by atoms with van der Waals surface area (Å²) in [5.41, 5.74) is 2.25. The van der Waals surface area contributed by atoms with Gasteiger partial charge in [-0.1, -0.05) is 39.0 Å². The maximum absolute atomic E-state index is 12.2. The van der Waals surface area contributed by atoms with Gasteiger partial charge in [-0.25, -0.2) is 4.21 Å². The number of para-hydroxylation sites is 1. The maximum Gasteiger partial charge on any atom is 0.0611 e. The first-order valence-electron chi connectivity index (χ1n) is 5.64. The molecule has 3 heteroatoms. The maximum atomic E-state index is 12.2. The Bertz CT molecular complexity index is 657. The van der Waals surface area contributed by atoms with Crippen molar-refractivity contribution in [1.82, 2.24) is 3.97 Å². The summed E-state index contributed by atoms with van der Waals surface area (Å²) in [7, 11) is -2.25. The Balaban J connectivity index is 2.91. The highest BCUT2D eigenvalue weighted by Gasteiger charge is 2.21. The van der Waals surface area contributed by atoms with Crippen LogP contribution in [0.25, 0.3) is 10.9 Å². The second kappa shape index (κ2) is 3.64. The van der Waals surface area contributed by atoms with Crippen molar-refractivity contribution < 1.29 is 4.21 Å². The molecule has 0 saturated carbocycles. The molecule has 1 atom stereocenters. The quantitative estimate of drug-likeness (QED) is 0.712. The molecule has 0 aliphatic rings. The lowest BCUT2D eigenvalue weighted by Gasteiger charge is -2.17. The van der Waals surface area contributed by atoms with Crippen LogP contribution in [0.15, 0.2) is 30.5 Å². The Labute approximate surface area is 103 Å². The average Bonchev–Trinajstić information content (AvgIpc) is 2.55. The van der Waals surface area contributed by atoms with Crippen LogP contribution < -0.4 is 0 Å². The average molecular weight is 249 g/mol. The van der Waals surface area contributed by atoms with Crippen LogP contribution >= 0.6 is 0 Å². The molecule has 0 fully saturated rings. The fraction of sp³-hybridized carbons (Fsp3) is 0.357. The fourth-order valence-corrected chi connectivity index (χ4v) is 2.97. The zero-order valence-corrected chi connectivity index (χ0v) is 11.7. The molecular weight excluding hydrogens is 230 g/mol. The molecule has 1 aromatic heterocycles. The van der Waals surface area contributed by atoms with Crippen molar-refractivity contribution in [1.29, 1.82) is 0 Å². The van der Waals surface area contributed by atoms with E-state index in [4.69, 9.17) is 0 Å². The lowest BCUT2D eigenvalue weighted by Crippen LogP contribution is -2.11. The first kappa shape index (κ1) is 12.2. The summed E-state index contributed by atoms with van der Waals surface area (Å²) in [6, 6.07) is 8.06. The van der Waals surface area contributed by atoms with Gasteiger partial charge in [0.2, 0.25) is 0 Å². The second-order valence-corrected chi connectivity index (χ2v) is 7.91. The first-order valence-corrected chi connectivity index (χ1v) is 7.74. The van der Waals surface area contributed by atoms with Crippen LogP contribution in [-0.4, -0.2) is 20.3 Å². The molecule has 0 saturated heterocycles. The number of nitrogens with zero attached hydrogens (tertiary/aromatic N) is 1. The van der Waals surface area contributed by atoms with Gasteiger partial charge in [0.15, 0.2) is 0 Å². The van der Waals surface area contributed by atoms with E-state index < -0.39 is 9.71 Å². The second-order valence-electron chi connectivity index (χ2n) is 5.60. The molecule has 17 heavy (non-hydrogen) atoms. The lowest BCUT2D eigenvalue weighted by molar-refractivity contribution is 0.595. The van der Waals surface area contributed by atoms with E-state index in [9.17, 15) is 4.21 Å². The summed E-state index contributed by atoms with van der Waals surface area (Å²) in [6.45, 7) is 6.50. The Morgan fingerprint density at radius 3 is 2.35 bits per heavy atom. The molecule has 1 heterocycles. The van der Waals surface area contributed by atoms with Gasteiger partial charge >= 0.3 is 0 Å². The van der Waals surface area contributed by atoms with Gasteiger partial charge in [0.05, 0.1) is 5.52 Å². The number of hydrogen-bond donors (Lipinski definition) is 0. The molecule has 1 aromatic carbocycles. The number of benzene rings is 1. The highest BCUT2D eigenvalue weighted by atomic mass is 32.2. The Morgan fingerprint density at radius 1 is 1.24 bits per heavy atom. The Hall–Kier alpha value is -1.22. The molecular formula is C14H19NOS. The first-order chi connectivity index (χ1) is 7.71. The van der Waals surface area contributed by atoms with Gasteiger partial charge in [-0.15, -0.1) is 0 Å². The van der Waals surface area contributed by atoms with Gasteiger partial charge in [0.1, 0.15) is 0 Å². The molecule has 92 valence electrons. The predicted octanol–water partition coefficient (Wildman–Crippen LogP) is 3.05. The zero-order chi connectivity index (χ0) is 12.8. The van der Waals surface area contributed by atoms with Crippen molar-refractivity contribution >= 4 is 26.5 Å². The van der Waals surface area contributed by atoms with E-state index in [0.29, 0.717) is 0 Å². The van der Waals surface area contributed by atoms with Crippen molar-refractivity contribution in [3.63, 3.8) is 0 Å². The summed E-state index contributed by atoms with van der Waals surface area (Å²) < 4.78 is 14.0. The van der Waals surface area contributed by atoms with Crippen LogP contribution in [0.3, 0.4) is 0 Å². The predicted molar refractivity (Wildman–Crippen MR) is 77.2 cm³/mol. The highest BCUT2D eigenvalue weighted by molar-refractivity contribution is 7.98. The Morgan fingerprint density at radius 2 is 1.82 bits per heavy atom. The summed E-state index contributed by atoms with van der Waals surface area (Å²) in [5.74, 6) is 3.78. The number of hydrogen-bond acceptors (Lipinski definition) is 1. The fourth-order valence-electron chi connectivity index (χ4n) is 2.07. The summed E-state index contributed by atoms with van der Waals surface area (Å²) in [5, 5.41) is 1.17. The van der Waals surface area contributed by atoms with Crippen molar-refractivity contribution in [2.45, 2.75) is 26.2 Å². The third-order valence-corrected chi connectivity index (χ3v) is 4.04. The SMILES string of the molecule is C=S(C)(=O)n1cc(C(C)(C)C)c2ccccc21. The van der Waals surface area contributed by atoms with Gasteiger partial charge in [-0.3, -0.25) is 3.97 Å². The van der Waals surface area contributed by atoms with Crippen LogP contribution in [0.5, 0.6) is 0 Å². The van der Waals surface area contributed by atoms with Crippen LogP contribution in [0.1, 0.15) is 26.3 Å². The number of fused-ring (bicyclic) bond motifs is 1. The van der Waals surface area contributed by atoms with E-state index in [1.165, 1.54) is 10.9 Å². The molecule has 0 aliphatic carbocycles. The molecule has 0 amide bonds. The van der Waals surface area contributed by atoms with Crippen LogP contribution in [0.2, 0.25) is 0 Å². The molecule has 0 aliphatic heterocycles. The lowest BCUT2D eigenvalue weighted by atomic mass is 9.87. The smallest absolute Gasteiger partial charge is 0.0611 e. The van der Waals surface area contributed by atoms with E-state index in [0.717, 1.165) is 5.52 Å². The van der Waals surface area contributed by atoms with E-state index >= 15 is 0 Å². The number of rotatable bonds is 1. The van der Waals surface area contributed by atoms with Crippen molar-refractivity contribution in [3.05, 3.63) is 36.0 Å². The topological polar surface area (TPSA) is 22.0 Å². The molecule has 0 radical (unpaired) electrons. The van der Waals surface area contributed by atoms with Crippen LogP contribution in [0.4, 0.5) is 0 Å². The molecule has 2 rings (SSSR count). The Kier molecular flexibility index (Phi) is 2.62. The van der Waals surface area contributed by atoms with E-state index in [-0.39, 0.29) is 5.41 Å². The molecule has 2 nitrogen and oxygen atoms in total. The number of aromatic nitrogens is 1. The minimum absolute atomic E-state index is 0.0372. The van der Waals surface area contributed by atoms with E-state index in [1.807, 2.05) is 28.4 Å². The summed E-state index contributed by atoms with van der Waals surface area (Å²) >= 11 is 0. The van der Waals surface area contributed by atoms with Crippen LogP contribution in [0, 0.1) is 0 Å². The molecule has 0 N–H and O–H groups in total. The van der Waals surface area contributed by atoms with Gasteiger partial charge in [0.25, 0.3) is 0 Å². The largest absolute Gasteiger partial charge is 0.274 e. The monoisotopic (exact) mass is 249 g/mol. The summed E-state index contributed by atoms with van der Waals surface area (Å²) in [6.07, 6.45) is 3.66. The van der Waals surface area contributed by atoms with Gasteiger partial charge in [-0.05, 0) is 22.9 Å². The zero-order valence-electron chi connectivity index (χ0n) is 10.9. The van der Waals surface area contributed by atoms with E-state index in [1.54, 1.807) is 6.26 Å². The molecule has 0 spiro atoms. The third kappa shape index (κ3) is 2.12. The van der Waals surface area contributed by atoms with Gasteiger partial charge in [-0.2, -0.15) is 0 Å². The van der Waals surface area contributed by atoms with Crippen molar-refractivity contribution in [2.24, 2.45) is 0 Å². The summed E-state index contributed by atoms with van der Waals surface area (Å²) in [4.78, 5) is 0. The minimum atomic E-state index is -2.25. The molecule has 0 bridgehead atoms. The normalized spacial score (nSPS) is 16.0. The molecule has 1 unspecified atom stereocenters. The third-order valence-electron chi connectivity index (χ3n) is 2.90. The minimum Gasteiger partial charge on any atom is -0.274 e. The molecule has 2 aromatic rings. The van der Waals surface area contributed by atoms with Crippen molar-refractivity contribution in [3.8, 4) is 0 Å². The van der Waals surface area contributed by atoms with Gasteiger partial charge in [0, 0.05) is 27.5 Å². The van der Waals surface area contributed by atoms with Gasteiger partial charge < -0.3 is 0 Å². The van der Waals surface area contributed by atoms with E-state index in [2.05, 4.69) is 32.7 Å².